The third kappa shape index (κ3) is 11.6. The number of hydrogen-bond acceptors (Lipinski definition) is 10. The quantitative estimate of drug-likeness (QED) is 0.0558. The molecule has 9 N–H and O–H groups in total. The number of amidine groups is 3. The van der Waals surface area contributed by atoms with Crippen molar-refractivity contribution < 1.29 is 4.74 Å². The number of nitrogens with two attached hydrogens (primary N) is 3. The molecule has 0 aliphatic carbocycles. The molecule has 5 aromatic heterocycles. The molecule has 0 bridgehead atoms. The molecule has 7 aromatic carbocycles. The van der Waals surface area contributed by atoms with Gasteiger partial charge in [-0.3, -0.25) is 25.3 Å². The van der Waals surface area contributed by atoms with Gasteiger partial charge in [0, 0.05) is 44.6 Å². The molecule has 0 aliphatic rings. The molecule has 5 heterocycles. The number of halogens is 3. The first-order valence-electron chi connectivity index (χ1n) is 23.6. The number of benzene rings is 7. The minimum Gasteiger partial charge on any atom is -0.480 e. The molecule has 0 fully saturated rings. The molecule has 0 amide bonds. The molecule has 0 unspecified atom stereocenters. The molecule has 0 radical (unpaired) electrons. The summed E-state index contributed by atoms with van der Waals surface area (Å²) in [4.78, 5) is 25.8. The van der Waals surface area contributed by atoms with Crippen LogP contribution >= 0.6 is 34.8 Å². The number of hydrogen-bond donors (Lipinski definition) is 6. The number of aromatic nitrogens is 9. The number of nitrogens with zero attached hydrogens (tertiary/aromatic N) is 9. The van der Waals surface area contributed by atoms with Gasteiger partial charge in [-0.15, -0.1) is 0 Å². The second-order valence-electron chi connectivity index (χ2n) is 16.9. The zero-order valence-corrected chi connectivity index (χ0v) is 43.0. The lowest BCUT2D eigenvalue weighted by Gasteiger charge is -2.05. The topological polar surface area (TPSA) is 249 Å². The van der Waals surface area contributed by atoms with Gasteiger partial charge in [0.2, 0.25) is 5.88 Å². The Morgan fingerprint density at radius 1 is 0.455 bits per heavy atom. The lowest BCUT2D eigenvalue weighted by Crippen LogP contribution is -2.15. The third-order valence-electron chi connectivity index (χ3n) is 11.9. The van der Waals surface area contributed by atoms with Gasteiger partial charge in [0.05, 0.1) is 51.1 Å². The Morgan fingerprint density at radius 3 is 1.25 bits per heavy atom. The molecule has 378 valence electrons. The van der Waals surface area contributed by atoms with Crippen LogP contribution in [-0.4, -0.2) is 70.2 Å². The molecule has 19 heteroatoms. The average Bonchev–Trinajstić information content (AvgIpc) is 4.19. The molecule has 16 nitrogen and oxygen atoms in total. The van der Waals surface area contributed by atoms with Crippen molar-refractivity contribution in [3.63, 3.8) is 0 Å². The summed E-state index contributed by atoms with van der Waals surface area (Å²) in [6.07, 6.45) is 4.69. The Balaban J connectivity index is 0.000000131. The van der Waals surface area contributed by atoms with E-state index in [0.717, 1.165) is 71.7 Å². The van der Waals surface area contributed by atoms with Gasteiger partial charge in [-0.05, 0) is 65.2 Å². The highest BCUT2D eigenvalue weighted by atomic mass is 35.5. The van der Waals surface area contributed by atoms with Gasteiger partial charge in [-0.2, -0.15) is 15.3 Å². The highest BCUT2D eigenvalue weighted by molar-refractivity contribution is 6.35. The summed E-state index contributed by atoms with van der Waals surface area (Å²) in [6, 6.07) is 56.4. The standard InChI is InChI=1S/C20H15ClN4.C19H15ClN6O.C19H14ClN5/c21-17-12-18-16(11-15(17)13-7-3-1-4-8-13)20(25-24-18)23-19(22)14-9-5-2-6-10-14;1-27-17-10-22-9-16(23-17)18(21)24-19-13-7-12(11-5-3-2-4-6-11)14(20)8-15(13)25-26-19;20-15-11-17-14(10-13(15)12-6-2-1-3-7-12)19(25-24-17)23-18(21)16-8-4-5-9-22-16/h1-12H,(H3,22,23,24,25);2-10H,1H3,(H3,21,24,25,26);1-11H,(H3,21,23,24,25). The van der Waals surface area contributed by atoms with Gasteiger partial charge in [0.1, 0.15) is 17.2 Å². The van der Waals surface area contributed by atoms with Crippen LogP contribution in [0.15, 0.2) is 209 Å². The van der Waals surface area contributed by atoms with Crippen molar-refractivity contribution in [1.82, 2.24) is 45.5 Å². The van der Waals surface area contributed by atoms with Crippen molar-refractivity contribution >= 4 is 102 Å². The maximum absolute atomic E-state index is 6.44. The van der Waals surface area contributed by atoms with Gasteiger partial charge in [-0.1, -0.05) is 162 Å². The van der Waals surface area contributed by atoms with Crippen LogP contribution in [0.4, 0.5) is 17.5 Å². The van der Waals surface area contributed by atoms with Crippen LogP contribution in [0.5, 0.6) is 5.88 Å². The van der Waals surface area contributed by atoms with Gasteiger partial charge < -0.3 is 21.9 Å². The van der Waals surface area contributed by atoms with Gasteiger partial charge in [-0.25, -0.2) is 20.0 Å². The van der Waals surface area contributed by atoms with Gasteiger partial charge in [0.25, 0.3) is 0 Å². The smallest absolute Gasteiger partial charge is 0.232 e. The summed E-state index contributed by atoms with van der Waals surface area (Å²) in [5, 5.41) is 26.1. The number of ether oxygens (including phenoxy) is 1. The highest BCUT2D eigenvalue weighted by Crippen LogP contribution is 2.38. The fraction of sp³-hybridized carbons (Fsp3) is 0.0172. The number of H-pyrrole nitrogens is 3. The number of rotatable bonds is 10. The van der Waals surface area contributed by atoms with Crippen molar-refractivity contribution in [1.29, 1.82) is 0 Å². The second kappa shape index (κ2) is 23.2. The molecule has 0 saturated carbocycles. The first kappa shape index (κ1) is 50.8. The first-order chi connectivity index (χ1) is 37.6. The Labute approximate surface area is 455 Å². The van der Waals surface area contributed by atoms with Gasteiger partial charge >= 0.3 is 0 Å². The molecular formula is C58H44Cl3N15O. The van der Waals surface area contributed by atoms with Crippen LogP contribution in [-0.2, 0) is 0 Å². The lowest BCUT2D eigenvalue weighted by atomic mass is 10.0. The molecule has 0 atom stereocenters. The van der Waals surface area contributed by atoms with Crippen LogP contribution in [0.3, 0.4) is 0 Å². The van der Waals surface area contributed by atoms with E-state index < -0.39 is 0 Å². The zero-order valence-electron chi connectivity index (χ0n) is 40.8. The SMILES string of the molecule is COc1cncc(C(N)=Nc2n[nH]c3cc(Cl)c(-c4ccccc4)cc23)n1.NC(=Nc1n[nH]c2cc(Cl)c(-c3ccccc3)cc12)c1ccccc1.NC(=Nc1n[nH]c2cc(Cl)c(-c3ccccc3)cc12)c1ccccn1. The first-order valence-corrected chi connectivity index (χ1v) is 24.8. The number of aromatic amines is 3. The van der Waals surface area contributed by atoms with E-state index in [-0.39, 0.29) is 5.84 Å². The van der Waals surface area contributed by atoms with E-state index in [4.69, 9.17) is 56.7 Å². The van der Waals surface area contributed by atoms with Crippen molar-refractivity contribution in [3.05, 3.63) is 227 Å². The van der Waals surface area contributed by atoms with Crippen molar-refractivity contribution in [2.45, 2.75) is 0 Å². The van der Waals surface area contributed by atoms with E-state index in [1.807, 2.05) is 170 Å². The molecular weight excluding hydrogens is 1030 g/mol. The van der Waals surface area contributed by atoms with Crippen LogP contribution in [0.25, 0.3) is 66.1 Å². The summed E-state index contributed by atoms with van der Waals surface area (Å²) >= 11 is 19.3. The lowest BCUT2D eigenvalue weighted by molar-refractivity contribution is 0.395. The molecule has 77 heavy (non-hydrogen) atoms. The predicted molar refractivity (Wildman–Crippen MR) is 310 cm³/mol. The molecule has 0 saturated heterocycles. The minimum absolute atomic E-state index is 0.186. The summed E-state index contributed by atoms with van der Waals surface area (Å²) < 4.78 is 5.07. The van der Waals surface area contributed by atoms with Crippen LogP contribution in [0.1, 0.15) is 17.0 Å². The Bertz CT molecular complexity index is 3920. The number of fused-ring (bicyclic) bond motifs is 3. The van der Waals surface area contributed by atoms with Crippen LogP contribution in [0.2, 0.25) is 15.1 Å². The van der Waals surface area contributed by atoms with Gasteiger partial charge in [0.15, 0.2) is 29.1 Å². The maximum Gasteiger partial charge on any atom is 0.232 e. The maximum atomic E-state index is 6.44. The fourth-order valence-electron chi connectivity index (χ4n) is 8.06. The summed E-state index contributed by atoms with van der Waals surface area (Å²) in [6.45, 7) is 0. The van der Waals surface area contributed by atoms with E-state index in [2.05, 4.69) is 60.5 Å². The van der Waals surface area contributed by atoms with E-state index in [1.54, 1.807) is 12.3 Å². The number of nitrogens with one attached hydrogen (secondary N) is 3. The number of pyridine rings is 1. The van der Waals surface area contributed by atoms with E-state index in [9.17, 15) is 0 Å². The minimum atomic E-state index is 0.186. The predicted octanol–water partition coefficient (Wildman–Crippen LogP) is 13.0. The van der Waals surface area contributed by atoms with E-state index >= 15 is 0 Å². The van der Waals surface area contributed by atoms with Crippen LogP contribution in [0, 0.1) is 0 Å². The molecule has 12 aromatic rings. The summed E-state index contributed by atoms with van der Waals surface area (Å²) in [5.41, 5.74) is 28.4. The third-order valence-corrected chi connectivity index (χ3v) is 12.8. The van der Waals surface area contributed by atoms with Crippen molar-refractivity contribution in [3.8, 4) is 39.3 Å². The molecule has 0 aliphatic heterocycles. The normalized spacial score (nSPS) is 11.8. The zero-order chi connectivity index (χ0) is 53.3. The summed E-state index contributed by atoms with van der Waals surface area (Å²) in [7, 11) is 1.51. The Kier molecular flexibility index (Phi) is 15.3. The largest absolute Gasteiger partial charge is 0.480 e. The Morgan fingerprint density at radius 2 is 0.844 bits per heavy atom. The van der Waals surface area contributed by atoms with E-state index in [1.165, 1.54) is 19.5 Å². The summed E-state index contributed by atoms with van der Waals surface area (Å²) in [5.74, 6) is 2.77. The molecule has 12 rings (SSSR count). The second-order valence-corrected chi connectivity index (χ2v) is 18.1. The van der Waals surface area contributed by atoms with Crippen LogP contribution < -0.4 is 21.9 Å². The van der Waals surface area contributed by atoms with Crippen molar-refractivity contribution in [2.24, 2.45) is 32.2 Å². The monoisotopic (exact) mass is 1070 g/mol. The average molecular weight is 1070 g/mol. The fourth-order valence-corrected chi connectivity index (χ4v) is 8.88. The number of aliphatic imine (C=N–C) groups is 3. The Hall–Kier alpha value is -9.74. The van der Waals surface area contributed by atoms with E-state index in [0.29, 0.717) is 61.5 Å². The molecule has 0 spiro atoms. The highest BCUT2D eigenvalue weighted by Gasteiger charge is 2.16. The van der Waals surface area contributed by atoms with Crippen molar-refractivity contribution in [2.75, 3.05) is 7.11 Å². The number of methoxy groups -OCH3 is 1.